The SMILES string of the molecule is O=C(O)CSSc1cccc[n+]1[O-]. The van der Waals surface area contributed by atoms with Gasteiger partial charge in [0, 0.05) is 22.9 Å². The van der Waals surface area contributed by atoms with Gasteiger partial charge < -0.3 is 10.3 Å². The maximum absolute atomic E-state index is 11.0. The Balaban J connectivity index is 2.45. The van der Waals surface area contributed by atoms with E-state index >= 15 is 0 Å². The van der Waals surface area contributed by atoms with E-state index in [1.807, 2.05) is 0 Å². The summed E-state index contributed by atoms with van der Waals surface area (Å²) < 4.78 is 0.708. The van der Waals surface area contributed by atoms with Crippen molar-refractivity contribution in [1.29, 1.82) is 0 Å². The van der Waals surface area contributed by atoms with E-state index in [1.54, 1.807) is 18.2 Å². The number of aliphatic carboxylic acids is 1. The molecule has 0 atom stereocenters. The number of rotatable bonds is 4. The van der Waals surface area contributed by atoms with Crippen LogP contribution in [-0.4, -0.2) is 16.8 Å². The Bertz CT molecular complexity index is 306. The molecular weight excluding hydrogens is 210 g/mol. The van der Waals surface area contributed by atoms with E-state index in [9.17, 15) is 10.0 Å². The Hall–Kier alpha value is -0.880. The predicted octanol–water partition coefficient (Wildman–Crippen LogP) is 1.14. The quantitative estimate of drug-likeness (QED) is 0.465. The molecule has 0 saturated carbocycles. The third kappa shape index (κ3) is 3.56. The van der Waals surface area contributed by atoms with Crippen LogP contribution < -0.4 is 4.73 Å². The zero-order valence-electron chi connectivity index (χ0n) is 6.54. The summed E-state index contributed by atoms with van der Waals surface area (Å²) in [6, 6.07) is 5.00. The van der Waals surface area contributed by atoms with Gasteiger partial charge in [-0.3, -0.25) is 4.79 Å². The van der Waals surface area contributed by atoms with Gasteiger partial charge >= 0.3 is 5.97 Å². The Kier molecular flexibility index (Phi) is 3.91. The van der Waals surface area contributed by atoms with E-state index in [2.05, 4.69) is 0 Å². The van der Waals surface area contributed by atoms with Crippen LogP contribution in [0.15, 0.2) is 29.4 Å². The van der Waals surface area contributed by atoms with Crippen molar-refractivity contribution >= 4 is 27.6 Å². The highest BCUT2D eigenvalue weighted by Crippen LogP contribution is 2.27. The highest BCUT2D eigenvalue weighted by molar-refractivity contribution is 8.76. The zero-order chi connectivity index (χ0) is 9.68. The van der Waals surface area contributed by atoms with Crippen molar-refractivity contribution in [3.05, 3.63) is 29.6 Å². The molecule has 6 heteroatoms. The fourth-order valence-electron chi connectivity index (χ4n) is 0.617. The predicted molar refractivity (Wildman–Crippen MR) is 51.4 cm³/mol. The van der Waals surface area contributed by atoms with E-state index in [1.165, 1.54) is 6.20 Å². The highest BCUT2D eigenvalue weighted by Gasteiger charge is 2.06. The van der Waals surface area contributed by atoms with E-state index in [0.717, 1.165) is 21.6 Å². The average Bonchev–Trinajstić information content (AvgIpc) is 2.08. The summed E-state index contributed by atoms with van der Waals surface area (Å²) in [4.78, 5) is 10.2. The lowest BCUT2D eigenvalue weighted by Crippen LogP contribution is -2.27. The molecule has 1 aromatic heterocycles. The van der Waals surface area contributed by atoms with Crippen LogP contribution in [0.1, 0.15) is 0 Å². The Labute approximate surface area is 82.9 Å². The topological polar surface area (TPSA) is 64.2 Å². The second-order valence-electron chi connectivity index (χ2n) is 2.10. The molecule has 4 nitrogen and oxygen atoms in total. The summed E-state index contributed by atoms with van der Waals surface area (Å²) in [5.41, 5.74) is 0. The molecule has 0 aliphatic heterocycles. The van der Waals surface area contributed by atoms with Crippen molar-refractivity contribution < 1.29 is 14.6 Å². The molecule has 0 radical (unpaired) electrons. The number of pyridine rings is 1. The minimum absolute atomic E-state index is 0.0143. The fourth-order valence-corrected chi connectivity index (χ4v) is 2.39. The highest BCUT2D eigenvalue weighted by atomic mass is 33.1. The zero-order valence-corrected chi connectivity index (χ0v) is 8.18. The number of hydrogen-bond acceptors (Lipinski definition) is 4. The molecule has 0 spiro atoms. The van der Waals surface area contributed by atoms with Crippen molar-refractivity contribution in [1.82, 2.24) is 0 Å². The van der Waals surface area contributed by atoms with Crippen molar-refractivity contribution in [2.75, 3.05) is 5.75 Å². The molecule has 1 aromatic rings. The van der Waals surface area contributed by atoms with Gasteiger partial charge in [0.1, 0.15) is 5.75 Å². The van der Waals surface area contributed by atoms with Crippen LogP contribution in [0.25, 0.3) is 0 Å². The molecule has 0 fully saturated rings. The summed E-state index contributed by atoms with van der Waals surface area (Å²) in [6.07, 6.45) is 1.38. The summed E-state index contributed by atoms with van der Waals surface area (Å²) in [5.74, 6) is -0.898. The number of carboxylic acid groups (broad SMARTS) is 1. The molecule has 0 amide bonds. The van der Waals surface area contributed by atoms with Crippen LogP contribution in [0.4, 0.5) is 0 Å². The van der Waals surface area contributed by atoms with E-state index in [4.69, 9.17) is 5.11 Å². The molecule has 1 heterocycles. The minimum Gasteiger partial charge on any atom is -0.618 e. The van der Waals surface area contributed by atoms with Gasteiger partial charge in [0.2, 0.25) is 0 Å². The minimum atomic E-state index is -0.883. The van der Waals surface area contributed by atoms with E-state index in [0.29, 0.717) is 9.76 Å². The summed E-state index contributed by atoms with van der Waals surface area (Å²) >= 11 is 0. The van der Waals surface area contributed by atoms with Gasteiger partial charge in [-0.05, 0) is 6.07 Å². The van der Waals surface area contributed by atoms with Crippen molar-refractivity contribution in [2.45, 2.75) is 5.03 Å². The van der Waals surface area contributed by atoms with Crippen molar-refractivity contribution in [3.8, 4) is 0 Å². The van der Waals surface area contributed by atoms with Crippen LogP contribution in [0.2, 0.25) is 0 Å². The number of nitrogens with zero attached hydrogens (tertiary/aromatic N) is 1. The first-order valence-electron chi connectivity index (χ1n) is 3.39. The van der Waals surface area contributed by atoms with Crippen LogP contribution >= 0.6 is 21.6 Å². The molecule has 13 heavy (non-hydrogen) atoms. The summed E-state index contributed by atoms with van der Waals surface area (Å²) in [7, 11) is 2.29. The Morgan fingerprint density at radius 3 is 3.00 bits per heavy atom. The largest absolute Gasteiger partial charge is 0.618 e. The second kappa shape index (κ2) is 4.98. The fraction of sp³-hybridized carbons (Fsp3) is 0.143. The first-order chi connectivity index (χ1) is 6.20. The maximum Gasteiger partial charge on any atom is 0.314 e. The van der Waals surface area contributed by atoms with E-state index < -0.39 is 5.97 Å². The van der Waals surface area contributed by atoms with Gasteiger partial charge in [0.15, 0.2) is 6.20 Å². The third-order valence-corrected chi connectivity index (χ3v) is 3.30. The lowest BCUT2D eigenvalue weighted by molar-refractivity contribution is -0.645. The van der Waals surface area contributed by atoms with Gasteiger partial charge in [-0.2, -0.15) is 4.73 Å². The molecule has 1 rings (SSSR count). The van der Waals surface area contributed by atoms with Crippen LogP contribution in [0.3, 0.4) is 0 Å². The monoisotopic (exact) mass is 217 g/mol. The summed E-state index contributed by atoms with van der Waals surface area (Å²) in [6.45, 7) is 0. The van der Waals surface area contributed by atoms with Crippen LogP contribution in [0.5, 0.6) is 0 Å². The molecule has 0 saturated heterocycles. The Morgan fingerprint density at radius 2 is 2.38 bits per heavy atom. The molecule has 0 aromatic carbocycles. The number of hydrogen-bond donors (Lipinski definition) is 1. The van der Waals surface area contributed by atoms with Crippen LogP contribution in [-0.2, 0) is 4.79 Å². The number of carboxylic acids is 1. The number of aromatic nitrogens is 1. The van der Waals surface area contributed by atoms with Crippen molar-refractivity contribution in [2.24, 2.45) is 0 Å². The van der Waals surface area contributed by atoms with Gasteiger partial charge in [0.05, 0.1) is 0 Å². The Morgan fingerprint density at radius 1 is 1.62 bits per heavy atom. The van der Waals surface area contributed by atoms with Crippen molar-refractivity contribution in [3.63, 3.8) is 0 Å². The molecule has 1 N–H and O–H groups in total. The first-order valence-corrected chi connectivity index (χ1v) is 5.71. The molecule has 0 bridgehead atoms. The third-order valence-electron chi connectivity index (χ3n) is 1.12. The average molecular weight is 217 g/mol. The lowest BCUT2D eigenvalue weighted by atomic mass is 10.5. The van der Waals surface area contributed by atoms with E-state index in [-0.39, 0.29) is 5.75 Å². The summed E-state index contributed by atoms with van der Waals surface area (Å²) in [5, 5.41) is 19.9. The second-order valence-corrected chi connectivity index (χ2v) is 4.42. The smallest absolute Gasteiger partial charge is 0.314 e. The molecule has 0 aliphatic rings. The molecule has 0 aliphatic carbocycles. The molecule has 0 unspecified atom stereocenters. The first kappa shape index (κ1) is 10.2. The number of carbonyl (C=O) groups is 1. The van der Waals surface area contributed by atoms with Gasteiger partial charge in [-0.25, -0.2) is 0 Å². The van der Waals surface area contributed by atoms with Gasteiger partial charge in [0.25, 0.3) is 5.03 Å². The maximum atomic E-state index is 11.0. The molecule has 70 valence electrons. The standard InChI is InChI=1S/C7H7NO3S2/c9-7(10)5-12-13-6-3-1-2-4-8(6)11/h1-4H,5H2,(H,9,10). The lowest BCUT2D eigenvalue weighted by Gasteiger charge is -2.00. The normalized spacial score (nSPS) is 9.85. The van der Waals surface area contributed by atoms with Gasteiger partial charge in [-0.15, -0.1) is 0 Å². The van der Waals surface area contributed by atoms with Crippen LogP contribution in [0, 0.1) is 5.21 Å². The van der Waals surface area contributed by atoms with Gasteiger partial charge in [-0.1, -0.05) is 10.8 Å². The molecular formula is C7H7NO3S2.